The molecule has 2 aromatic rings. The normalized spacial score (nSPS) is 11.1. The predicted octanol–water partition coefficient (Wildman–Crippen LogP) is 3.75. The van der Waals surface area contributed by atoms with Crippen LogP contribution in [0.3, 0.4) is 0 Å². The molecule has 0 fully saturated rings. The van der Waals surface area contributed by atoms with Crippen LogP contribution >= 0.6 is 0 Å². The zero-order valence-corrected chi connectivity index (χ0v) is 10.8. The Labute approximate surface area is 109 Å². The molecule has 2 rings (SSSR count). The van der Waals surface area contributed by atoms with Crippen LogP contribution in [-0.2, 0) is 0 Å². The fraction of sp³-hybridized carbons (Fsp3) is 0.125. The molecule has 92 valence electrons. The molecule has 0 aliphatic carbocycles. The van der Waals surface area contributed by atoms with E-state index in [1.165, 1.54) is 11.1 Å². The molecule has 1 N–H and O–H groups in total. The highest BCUT2D eigenvalue weighted by Crippen LogP contribution is 2.12. The van der Waals surface area contributed by atoms with Gasteiger partial charge in [-0.15, -0.1) is 0 Å². The van der Waals surface area contributed by atoms with Gasteiger partial charge in [0.05, 0.1) is 0 Å². The molecule has 0 bridgehead atoms. The lowest BCUT2D eigenvalue weighted by atomic mass is 10.1. The lowest BCUT2D eigenvalue weighted by Gasteiger charge is -2.13. The molecule has 18 heavy (non-hydrogen) atoms. The number of benzene rings is 2. The summed E-state index contributed by atoms with van der Waals surface area (Å²) in [5.41, 5.74) is 6.72. The molecule has 0 atom stereocenters. The van der Waals surface area contributed by atoms with Crippen LogP contribution in [0, 0.1) is 0 Å². The highest BCUT2D eigenvalue weighted by Gasteiger charge is 1.92. The van der Waals surface area contributed by atoms with Gasteiger partial charge in [-0.1, -0.05) is 54.6 Å². The quantitative estimate of drug-likeness (QED) is 0.644. The molecular formula is C16H18N2. The smallest absolute Gasteiger partial charge is 0.0490 e. The first-order valence-electron chi connectivity index (χ1n) is 6.01. The van der Waals surface area contributed by atoms with Crippen molar-refractivity contribution in [3.63, 3.8) is 0 Å². The van der Waals surface area contributed by atoms with E-state index < -0.39 is 0 Å². The number of rotatable bonds is 4. The topological polar surface area (TPSA) is 15.3 Å². The molecular weight excluding hydrogens is 220 g/mol. The van der Waals surface area contributed by atoms with E-state index in [9.17, 15) is 0 Å². The second kappa shape index (κ2) is 6.03. The van der Waals surface area contributed by atoms with Gasteiger partial charge in [0.25, 0.3) is 0 Å². The van der Waals surface area contributed by atoms with Crippen molar-refractivity contribution in [3.8, 4) is 0 Å². The minimum absolute atomic E-state index is 1.09. The Morgan fingerprint density at radius 1 is 0.778 bits per heavy atom. The van der Waals surface area contributed by atoms with Crippen molar-refractivity contribution >= 4 is 17.8 Å². The number of hydrogen-bond acceptors (Lipinski definition) is 2. The van der Waals surface area contributed by atoms with Crippen LogP contribution in [0.15, 0.2) is 54.6 Å². The summed E-state index contributed by atoms with van der Waals surface area (Å²) in [5, 5.41) is 1.93. The first-order chi connectivity index (χ1) is 8.74. The minimum Gasteiger partial charge on any atom is -0.319 e. The summed E-state index contributed by atoms with van der Waals surface area (Å²) in [5.74, 6) is 0. The Bertz CT molecular complexity index is 498. The van der Waals surface area contributed by atoms with E-state index >= 15 is 0 Å². The largest absolute Gasteiger partial charge is 0.319 e. The van der Waals surface area contributed by atoms with E-state index in [4.69, 9.17) is 0 Å². The molecule has 0 saturated heterocycles. The van der Waals surface area contributed by atoms with Crippen LogP contribution in [0.5, 0.6) is 0 Å². The van der Waals surface area contributed by atoms with Gasteiger partial charge in [0, 0.05) is 19.8 Å². The van der Waals surface area contributed by atoms with Gasteiger partial charge in [-0.3, -0.25) is 0 Å². The van der Waals surface area contributed by atoms with Crippen molar-refractivity contribution in [1.29, 1.82) is 0 Å². The van der Waals surface area contributed by atoms with Crippen molar-refractivity contribution in [2.24, 2.45) is 0 Å². The van der Waals surface area contributed by atoms with E-state index in [0.29, 0.717) is 0 Å². The Morgan fingerprint density at radius 2 is 1.33 bits per heavy atom. The van der Waals surface area contributed by atoms with Crippen LogP contribution < -0.4 is 5.43 Å². The lowest BCUT2D eigenvalue weighted by molar-refractivity contribution is 0.495. The zero-order valence-electron chi connectivity index (χ0n) is 10.8. The summed E-state index contributed by atoms with van der Waals surface area (Å²) in [6.45, 7) is 0. The molecule has 0 aliphatic rings. The van der Waals surface area contributed by atoms with Gasteiger partial charge in [-0.05, 0) is 23.3 Å². The SMILES string of the molecule is CN(C)Nc1ccc(C=Cc2ccccc2)cc1. The molecule has 2 aromatic carbocycles. The summed E-state index contributed by atoms with van der Waals surface area (Å²) in [6.07, 6.45) is 4.24. The number of hydrogen-bond donors (Lipinski definition) is 1. The maximum atomic E-state index is 3.21. The van der Waals surface area contributed by atoms with E-state index in [0.717, 1.165) is 5.69 Å². The van der Waals surface area contributed by atoms with Gasteiger partial charge >= 0.3 is 0 Å². The Morgan fingerprint density at radius 3 is 1.89 bits per heavy atom. The number of hydrazine groups is 1. The van der Waals surface area contributed by atoms with E-state index in [-0.39, 0.29) is 0 Å². The molecule has 0 aromatic heterocycles. The van der Waals surface area contributed by atoms with Gasteiger partial charge in [-0.2, -0.15) is 0 Å². The predicted molar refractivity (Wildman–Crippen MR) is 79.1 cm³/mol. The fourth-order valence-electron chi connectivity index (χ4n) is 1.68. The third kappa shape index (κ3) is 3.75. The van der Waals surface area contributed by atoms with Gasteiger partial charge in [-0.25, -0.2) is 5.01 Å². The summed E-state index contributed by atoms with van der Waals surface area (Å²) in [7, 11) is 3.95. The van der Waals surface area contributed by atoms with Crippen molar-refractivity contribution < 1.29 is 0 Å². The summed E-state index contributed by atoms with van der Waals surface area (Å²) < 4.78 is 0. The van der Waals surface area contributed by atoms with E-state index in [1.807, 2.05) is 37.3 Å². The molecule has 0 heterocycles. The molecule has 2 heteroatoms. The van der Waals surface area contributed by atoms with Crippen molar-refractivity contribution in [3.05, 3.63) is 65.7 Å². The highest BCUT2D eigenvalue weighted by molar-refractivity contribution is 5.70. The molecule has 0 radical (unpaired) electrons. The average Bonchev–Trinajstić information content (AvgIpc) is 2.38. The average molecular weight is 238 g/mol. The van der Waals surface area contributed by atoms with Crippen LogP contribution in [-0.4, -0.2) is 19.1 Å². The summed E-state index contributed by atoms with van der Waals surface area (Å²) in [4.78, 5) is 0. The Balaban J connectivity index is 2.04. The van der Waals surface area contributed by atoms with E-state index in [2.05, 4.69) is 54.0 Å². The summed E-state index contributed by atoms with van der Waals surface area (Å²) >= 11 is 0. The lowest BCUT2D eigenvalue weighted by Crippen LogP contribution is -2.19. The van der Waals surface area contributed by atoms with E-state index in [1.54, 1.807) is 0 Å². The first kappa shape index (κ1) is 12.4. The molecule has 2 nitrogen and oxygen atoms in total. The van der Waals surface area contributed by atoms with Gasteiger partial charge in [0.15, 0.2) is 0 Å². The van der Waals surface area contributed by atoms with Gasteiger partial charge < -0.3 is 5.43 Å². The number of nitrogens with one attached hydrogen (secondary N) is 1. The monoisotopic (exact) mass is 238 g/mol. The molecule has 0 amide bonds. The Hall–Kier alpha value is -2.06. The zero-order chi connectivity index (χ0) is 12.8. The van der Waals surface area contributed by atoms with Crippen LogP contribution in [0.4, 0.5) is 5.69 Å². The fourth-order valence-corrected chi connectivity index (χ4v) is 1.68. The Kier molecular flexibility index (Phi) is 4.15. The second-order valence-corrected chi connectivity index (χ2v) is 4.37. The van der Waals surface area contributed by atoms with Gasteiger partial charge in [0.1, 0.15) is 0 Å². The highest BCUT2D eigenvalue weighted by atomic mass is 15.5. The molecule has 0 unspecified atom stereocenters. The van der Waals surface area contributed by atoms with Gasteiger partial charge in [0.2, 0.25) is 0 Å². The maximum absolute atomic E-state index is 3.21. The molecule has 0 spiro atoms. The van der Waals surface area contributed by atoms with Crippen molar-refractivity contribution in [2.45, 2.75) is 0 Å². The maximum Gasteiger partial charge on any atom is 0.0490 e. The standard InChI is InChI=1S/C16H18N2/c1-18(2)17-16-12-10-15(11-13-16)9-8-14-6-4-3-5-7-14/h3-13,17H,1-2H3. The number of nitrogens with zero attached hydrogens (tertiary/aromatic N) is 1. The third-order valence-electron chi connectivity index (χ3n) is 2.53. The summed E-state index contributed by atoms with van der Waals surface area (Å²) in [6, 6.07) is 18.7. The van der Waals surface area contributed by atoms with Crippen LogP contribution in [0.1, 0.15) is 11.1 Å². The molecule has 0 saturated carbocycles. The number of anilines is 1. The minimum atomic E-state index is 1.09. The van der Waals surface area contributed by atoms with Crippen LogP contribution in [0.2, 0.25) is 0 Å². The molecule has 0 aliphatic heterocycles. The van der Waals surface area contributed by atoms with Crippen molar-refractivity contribution in [2.75, 3.05) is 19.5 Å². The first-order valence-corrected chi connectivity index (χ1v) is 6.01. The second-order valence-electron chi connectivity index (χ2n) is 4.37. The van der Waals surface area contributed by atoms with Crippen LogP contribution in [0.25, 0.3) is 12.2 Å². The van der Waals surface area contributed by atoms with Crippen molar-refractivity contribution in [1.82, 2.24) is 5.01 Å². The third-order valence-corrected chi connectivity index (χ3v) is 2.53.